The Morgan fingerprint density at radius 3 is 2.23 bits per heavy atom. The average Bonchev–Trinajstić information content (AvgIpc) is 3.37. The van der Waals surface area contributed by atoms with E-state index < -0.39 is 36.2 Å². The highest BCUT2D eigenvalue weighted by Crippen LogP contribution is 2.35. The number of aromatic nitrogens is 1. The van der Waals surface area contributed by atoms with E-state index in [1.54, 1.807) is 0 Å². The van der Waals surface area contributed by atoms with Gasteiger partial charge in [-0.05, 0) is 53.9 Å². The summed E-state index contributed by atoms with van der Waals surface area (Å²) in [6.45, 7) is 4.61. The van der Waals surface area contributed by atoms with Gasteiger partial charge in [0, 0.05) is 46.8 Å². The van der Waals surface area contributed by atoms with Crippen molar-refractivity contribution < 1.29 is 29.6 Å². The number of aliphatic carboxylic acids is 1. The van der Waals surface area contributed by atoms with Crippen LogP contribution in [0.4, 0.5) is 5.69 Å². The number of carboxylic acids is 1. The average molecular weight is 588 g/mol. The van der Waals surface area contributed by atoms with Crippen LogP contribution in [0, 0.1) is 5.41 Å². The number of aliphatic hydroxyl groups excluding tert-OH is 2. The van der Waals surface area contributed by atoms with Crippen molar-refractivity contribution in [2.45, 2.75) is 51.7 Å². The lowest BCUT2D eigenvalue weighted by Crippen LogP contribution is -2.51. The molecule has 6 N–H and O–H groups in total. The molecule has 1 heterocycles. The van der Waals surface area contributed by atoms with Crippen molar-refractivity contribution in [2.24, 2.45) is 11.1 Å². The number of aryl methyl sites for hydroxylation is 1. The highest BCUT2D eigenvalue weighted by atomic mass is 16.5. The van der Waals surface area contributed by atoms with Crippen molar-refractivity contribution in [1.29, 1.82) is 0 Å². The number of rotatable bonds is 13. The number of fused-ring (bicyclic) bond motifs is 1. The number of anilines is 1. The van der Waals surface area contributed by atoms with Gasteiger partial charge in [-0.2, -0.15) is 0 Å². The van der Waals surface area contributed by atoms with Crippen LogP contribution in [-0.4, -0.2) is 57.1 Å². The van der Waals surface area contributed by atoms with E-state index in [9.17, 15) is 24.9 Å². The number of hydrogen-bond acceptors (Lipinski definition) is 6. The van der Waals surface area contributed by atoms with Crippen LogP contribution in [0.5, 0.6) is 0 Å². The molecule has 4 aromatic rings. The molecule has 4 rings (SSSR count). The summed E-state index contributed by atoms with van der Waals surface area (Å²) in [5.74, 6) is -0.945. The Hall–Kier alpha value is -4.02. The minimum absolute atomic E-state index is 0.00986. The molecule has 0 bridgehead atoms. The summed E-state index contributed by atoms with van der Waals surface area (Å²) in [6, 6.07) is 23.3. The number of amides is 1. The van der Waals surface area contributed by atoms with Gasteiger partial charge in [-0.3, -0.25) is 9.59 Å². The SMILES string of the molecule is CC(C)(C)C(=O)Nc1ccc(-n2cc(C(Cc3ccccc3)OCC(N)(CO)CO)c3cc(CCC(=O)O)ccc32)cc1. The molecule has 0 aliphatic carbocycles. The number of carboxylic acid groups (broad SMARTS) is 1. The van der Waals surface area contributed by atoms with Gasteiger partial charge in [0.2, 0.25) is 5.91 Å². The van der Waals surface area contributed by atoms with Crippen molar-refractivity contribution in [3.63, 3.8) is 0 Å². The van der Waals surface area contributed by atoms with Gasteiger partial charge in [0.25, 0.3) is 0 Å². The third-order valence-electron chi connectivity index (χ3n) is 7.42. The second kappa shape index (κ2) is 13.5. The first-order valence-electron chi connectivity index (χ1n) is 14.4. The minimum atomic E-state index is -1.31. The number of carbonyl (C=O) groups is 2. The van der Waals surface area contributed by atoms with Crippen LogP contribution in [0.3, 0.4) is 0 Å². The fraction of sp³-hybridized carbons (Fsp3) is 0.353. The topological polar surface area (TPSA) is 147 Å². The first-order valence-corrected chi connectivity index (χ1v) is 14.4. The molecule has 0 saturated carbocycles. The number of hydrogen-bond donors (Lipinski definition) is 5. The van der Waals surface area contributed by atoms with Crippen molar-refractivity contribution in [1.82, 2.24) is 4.57 Å². The quantitative estimate of drug-likeness (QED) is 0.153. The zero-order chi connectivity index (χ0) is 31.2. The number of nitrogens with one attached hydrogen (secondary N) is 1. The number of nitrogens with two attached hydrogens (primary N) is 1. The summed E-state index contributed by atoms with van der Waals surface area (Å²) < 4.78 is 8.41. The van der Waals surface area contributed by atoms with Crippen molar-refractivity contribution in [2.75, 3.05) is 25.1 Å². The fourth-order valence-corrected chi connectivity index (χ4v) is 4.70. The smallest absolute Gasteiger partial charge is 0.303 e. The van der Waals surface area contributed by atoms with E-state index in [0.717, 1.165) is 33.3 Å². The van der Waals surface area contributed by atoms with Crippen LogP contribution in [0.25, 0.3) is 16.6 Å². The molecular formula is C34H41N3O6. The van der Waals surface area contributed by atoms with E-state index in [-0.39, 0.29) is 18.9 Å². The third-order valence-corrected chi connectivity index (χ3v) is 7.42. The number of ether oxygens (including phenoxy) is 1. The highest BCUT2D eigenvalue weighted by Gasteiger charge is 2.28. The van der Waals surface area contributed by atoms with Crippen LogP contribution in [0.2, 0.25) is 0 Å². The van der Waals surface area contributed by atoms with Crippen molar-refractivity contribution in [3.05, 3.63) is 95.7 Å². The largest absolute Gasteiger partial charge is 0.481 e. The van der Waals surface area contributed by atoms with E-state index in [4.69, 9.17) is 10.5 Å². The lowest BCUT2D eigenvalue weighted by Gasteiger charge is -2.28. The normalized spacial score (nSPS) is 12.8. The van der Waals surface area contributed by atoms with Gasteiger partial charge >= 0.3 is 5.97 Å². The molecule has 3 aromatic carbocycles. The second-order valence-electron chi connectivity index (χ2n) is 12.1. The summed E-state index contributed by atoms with van der Waals surface area (Å²) >= 11 is 0. The molecular weight excluding hydrogens is 546 g/mol. The molecule has 9 heteroatoms. The Labute approximate surface area is 251 Å². The molecule has 43 heavy (non-hydrogen) atoms. The lowest BCUT2D eigenvalue weighted by atomic mass is 9.95. The molecule has 228 valence electrons. The number of carbonyl (C=O) groups excluding carboxylic acids is 1. The van der Waals surface area contributed by atoms with Gasteiger partial charge in [0.05, 0.1) is 37.0 Å². The molecule has 9 nitrogen and oxygen atoms in total. The molecule has 0 aliphatic rings. The molecule has 1 unspecified atom stereocenters. The van der Waals surface area contributed by atoms with Crippen LogP contribution < -0.4 is 11.1 Å². The zero-order valence-corrected chi connectivity index (χ0v) is 24.9. The highest BCUT2D eigenvalue weighted by molar-refractivity contribution is 5.94. The van der Waals surface area contributed by atoms with E-state index >= 15 is 0 Å². The van der Waals surface area contributed by atoms with Gasteiger partial charge in [-0.1, -0.05) is 57.2 Å². The predicted octanol–water partition coefficient (Wildman–Crippen LogP) is 4.61. The second-order valence-corrected chi connectivity index (χ2v) is 12.1. The first-order chi connectivity index (χ1) is 20.4. The summed E-state index contributed by atoms with van der Waals surface area (Å²) in [5.41, 5.74) is 9.56. The maximum atomic E-state index is 12.5. The van der Waals surface area contributed by atoms with Crippen molar-refractivity contribution in [3.8, 4) is 5.69 Å². The van der Waals surface area contributed by atoms with Gasteiger partial charge in [0.1, 0.15) is 0 Å². The first kappa shape index (κ1) is 31.9. The van der Waals surface area contributed by atoms with Gasteiger partial charge in [-0.25, -0.2) is 0 Å². The monoisotopic (exact) mass is 587 g/mol. The molecule has 0 radical (unpaired) electrons. The molecule has 1 amide bonds. The Morgan fingerprint density at radius 1 is 0.953 bits per heavy atom. The molecule has 0 spiro atoms. The van der Waals surface area contributed by atoms with E-state index in [2.05, 4.69) is 5.32 Å². The summed E-state index contributed by atoms with van der Waals surface area (Å²) in [6.07, 6.45) is 2.40. The third kappa shape index (κ3) is 8.09. The van der Waals surface area contributed by atoms with E-state index in [1.165, 1.54) is 0 Å². The van der Waals surface area contributed by atoms with Crippen LogP contribution in [0.1, 0.15) is 50.0 Å². The Morgan fingerprint density at radius 2 is 1.63 bits per heavy atom. The number of benzene rings is 3. The van der Waals surface area contributed by atoms with Crippen LogP contribution in [0.15, 0.2) is 79.0 Å². The molecule has 1 atom stereocenters. The van der Waals surface area contributed by atoms with Crippen LogP contribution >= 0.6 is 0 Å². The lowest BCUT2D eigenvalue weighted by molar-refractivity contribution is -0.137. The summed E-state index contributed by atoms with van der Waals surface area (Å²) in [5, 5.41) is 32.7. The van der Waals surface area contributed by atoms with Crippen molar-refractivity contribution >= 4 is 28.5 Å². The maximum absolute atomic E-state index is 12.5. The standard InChI is InChI=1S/C34H41N3O6/c1-33(2,3)32(42)36-25-11-13-26(14-12-25)37-19-28(27-17-24(9-15-29(27)37)10-16-31(40)41)30(18-23-7-5-4-6-8-23)43-22-34(35,20-38)21-39/h4-9,11-15,17,19,30,38-39H,10,16,18,20-22,35H2,1-3H3,(H,36,42)(H,40,41). The number of nitrogens with zero attached hydrogens (tertiary/aromatic N) is 1. The van der Waals surface area contributed by atoms with Gasteiger partial charge < -0.3 is 35.7 Å². The van der Waals surface area contributed by atoms with Gasteiger partial charge in [-0.15, -0.1) is 0 Å². The van der Waals surface area contributed by atoms with Crippen LogP contribution in [-0.2, 0) is 27.2 Å². The molecule has 0 fully saturated rings. The van der Waals surface area contributed by atoms with E-state index in [1.807, 2.05) is 104 Å². The fourth-order valence-electron chi connectivity index (χ4n) is 4.70. The molecule has 0 aliphatic heterocycles. The Bertz CT molecular complexity index is 1540. The van der Waals surface area contributed by atoms with E-state index in [0.29, 0.717) is 18.5 Å². The number of aliphatic hydroxyl groups is 2. The summed E-state index contributed by atoms with van der Waals surface area (Å²) in [4.78, 5) is 23.8. The summed E-state index contributed by atoms with van der Waals surface area (Å²) in [7, 11) is 0. The minimum Gasteiger partial charge on any atom is -0.481 e. The van der Waals surface area contributed by atoms with Gasteiger partial charge in [0.15, 0.2) is 0 Å². The molecule has 1 aromatic heterocycles. The maximum Gasteiger partial charge on any atom is 0.303 e. The molecule has 0 saturated heterocycles. The Balaban J connectivity index is 1.79. The zero-order valence-electron chi connectivity index (χ0n) is 24.9. The predicted molar refractivity (Wildman–Crippen MR) is 167 cm³/mol. The Kier molecular flexibility index (Phi) is 10.0.